The van der Waals surface area contributed by atoms with Crippen LogP contribution in [0.2, 0.25) is 0 Å². The zero-order chi connectivity index (χ0) is 25.4. The van der Waals surface area contributed by atoms with E-state index in [1.807, 2.05) is 69.3 Å². The van der Waals surface area contributed by atoms with Crippen LogP contribution in [0.1, 0.15) is 72.5 Å². The zero-order valence-electron chi connectivity index (χ0n) is 20.7. The van der Waals surface area contributed by atoms with E-state index >= 15 is 0 Å². The van der Waals surface area contributed by atoms with Gasteiger partial charge in [-0.1, -0.05) is 74.4 Å². The number of benzene rings is 2. The third-order valence-electron chi connectivity index (χ3n) is 6.26. The summed E-state index contributed by atoms with van der Waals surface area (Å²) in [6, 6.07) is 17.5. The van der Waals surface area contributed by atoms with Crippen LogP contribution < -0.4 is 10.9 Å². The number of nitrogens with one attached hydrogen (secondary N) is 1. The standard InChI is InChI=1S/C29H34N2O4/c1-4-5-15-26(28(34)30-25(18-27(32)33)22-12-7-6-8-13-22)31-19-20(2)16-24(29(31)35)17-23-14-10-9-11-21(23)3/h6-14,16,19,25-26H,4-5,15,17-18H2,1-3H3,(H,30,34)(H,32,33)/t25-,26?/m0/s1. The second kappa shape index (κ2) is 12.2. The van der Waals surface area contributed by atoms with E-state index in [1.165, 1.54) is 4.57 Å². The second-order valence-corrected chi connectivity index (χ2v) is 9.09. The highest BCUT2D eigenvalue weighted by Crippen LogP contribution is 2.22. The minimum absolute atomic E-state index is 0.190. The van der Waals surface area contributed by atoms with Crippen LogP contribution in [0.5, 0.6) is 0 Å². The van der Waals surface area contributed by atoms with Gasteiger partial charge in [-0.15, -0.1) is 0 Å². The summed E-state index contributed by atoms with van der Waals surface area (Å²) < 4.78 is 1.54. The summed E-state index contributed by atoms with van der Waals surface area (Å²) in [5.74, 6) is -1.35. The van der Waals surface area contributed by atoms with Crippen molar-refractivity contribution in [2.24, 2.45) is 0 Å². The van der Waals surface area contributed by atoms with Crippen LogP contribution in [0, 0.1) is 13.8 Å². The molecule has 2 atom stereocenters. The number of carbonyl (C=O) groups excluding carboxylic acids is 1. The van der Waals surface area contributed by atoms with Crippen molar-refractivity contribution in [3.8, 4) is 0 Å². The molecule has 0 bridgehead atoms. The van der Waals surface area contributed by atoms with E-state index in [-0.39, 0.29) is 17.9 Å². The molecular formula is C29H34N2O4. The number of pyridine rings is 1. The van der Waals surface area contributed by atoms with Gasteiger partial charge in [0, 0.05) is 18.2 Å². The third kappa shape index (κ3) is 6.92. The molecule has 2 aromatic carbocycles. The summed E-state index contributed by atoms with van der Waals surface area (Å²) in [6.45, 7) is 5.98. The fourth-order valence-corrected chi connectivity index (χ4v) is 4.36. The Morgan fingerprint density at radius 3 is 2.34 bits per heavy atom. The van der Waals surface area contributed by atoms with Gasteiger partial charge in [-0.25, -0.2) is 0 Å². The molecule has 0 fully saturated rings. The van der Waals surface area contributed by atoms with E-state index in [2.05, 4.69) is 5.32 Å². The molecular weight excluding hydrogens is 440 g/mol. The van der Waals surface area contributed by atoms with Crippen molar-refractivity contribution in [3.63, 3.8) is 0 Å². The molecule has 0 spiro atoms. The number of carboxylic acid groups (broad SMARTS) is 1. The van der Waals surface area contributed by atoms with Crippen molar-refractivity contribution in [2.45, 2.75) is 65.0 Å². The average molecular weight is 475 g/mol. The molecule has 1 amide bonds. The van der Waals surface area contributed by atoms with Gasteiger partial charge in [0.15, 0.2) is 0 Å². The molecule has 2 N–H and O–H groups in total. The minimum atomic E-state index is -1.00. The van der Waals surface area contributed by atoms with Crippen LogP contribution in [0.4, 0.5) is 0 Å². The summed E-state index contributed by atoms with van der Waals surface area (Å²) in [5.41, 5.74) is 4.24. The lowest BCUT2D eigenvalue weighted by atomic mass is 9.99. The Balaban J connectivity index is 1.97. The highest BCUT2D eigenvalue weighted by molar-refractivity contribution is 5.81. The van der Waals surface area contributed by atoms with Gasteiger partial charge in [-0.05, 0) is 48.6 Å². The topological polar surface area (TPSA) is 88.4 Å². The highest BCUT2D eigenvalue weighted by Gasteiger charge is 2.26. The maximum atomic E-state index is 13.6. The molecule has 3 rings (SSSR count). The Bertz CT molecular complexity index is 1220. The molecule has 0 aliphatic heterocycles. The van der Waals surface area contributed by atoms with Crippen LogP contribution in [0.15, 0.2) is 71.7 Å². The minimum Gasteiger partial charge on any atom is -0.481 e. The molecule has 0 aliphatic rings. The number of hydrogen-bond donors (Lipinski definition) is 2. The first-order valence-electron chi connectivity index (χ1n) is 12.1. The Labute approximate surface area is 206 Å². The molecule has 0 saturated heterocycles. The molecule has 6 heteroatoms. The Morgan fingerprint density at radius 2 is 1.69 bits per heavy atom. The van der Waals surface area contributed by atoms with Crippen LogP contribution in [0.25, 0.3) is 0 Å². The summed E-state index contributed by atoms with van der Waals surface area (Å²) in [5, 5.41) is 12.3. The van der Waals surface area contributed by atoms with Gasteiger partial charge in [0.25, 0.3) is 5.56 Å². The monoisotopic (exact) mass is 474 g/mol. The van der Waals surface area contributed by atoms with E-state index < -0.39 is 18.1 Å². The third-order valence-corrected chi connectivity index (χ3v) is 6.26. The van der Waals surface area contributed by atoms with Crippen molar-refractivity contribution in [1.82, 2.24) is 9.88 Å². The van der Waals surface area contributed by atoms with Crippen LogP contribution in [0.3, 0.4) is 0 Å². The summed E-state index contributed by atoms with van der Waals surface area (Å²) >= 11 is 0. The number of unbranched alkanes of at least 4 members (excludes halogenated alkanes) is 1. The number of aryl methyl sites for hydroxylation is 2. The van der Waals surface area contributed by atoms with Crippen molar-refractivity contribution in [3.05, 3.63) is 105 Å². The molecule has 0 aliphatic carbocycles. The van der Waals surface area contributed by atoms with Crippen molar-refractivity contribution in [1.29, 1.82) is 0 Å². The average Bonchev–Trinajstić information content (AvgIpc) is 2.83. The summed E-state index contributed by atoms with van der Waals surface area (Å²) in [6.07, 6.45) is 4.11. The number of hydrogen-bond acceptors (Lipinski definition) is 3. The number of nitrogens with zero attached hydrogens (tertiary/aromatic N) is 1. The van der Waals surface area contributed by atoms with Gasteiger partial charge in [-0.3, -0.25) is 14.4 Å². The first kappa shape index (κ1) is 25.9. The number of carboxylic acids is 1. The van der Waals surface area contributed by atoms with Gasteiger partial charge in [0.2, 0.25) is 5.91 Å². The van der Waals surface area contributed by atoms with Gasteiger partial charge >= 0.3 is 5.97 Å². The Hall–Kier alpha value is -3.67. The molecule has 0 saturated carbocycles. The molecule has 0 radical (unpaired) electrons. The lowest BCUT2D eigenvalue weighted by Gasteiger charge is -2.24. The van der Waals surface area contributed by atoms with E-state index in [0.717, 1.165) is 29.5 Å². The molecule has 1 heterocycles. The van der Waals surface area contributed by atoms with Gasteiger partial charge in [-0.2, -0.15) is 0 Å². The maximum absolute atomic E-state index is 13.6. The molecule has 35 heavy (non-hydrogen) atoms. The fourth-order valence-electron chi connectivity index (χ4n) is 4.36. The lowest BCUT2D eigenvalue weighted by molar-refractivity contribution is -0.137. The number of carbonyl (C=O) groups is 2. The highest BCUT2D eigenvalue weighted by atomic mass is 16.4. The SMILES string of the molecule is CCCCC(C(=O)N[C@@H](CC(=O)O)c1ccccc1)n1cc(C)cc(Cc2ccccc2C)c1=O. The molecule has 184 valence electrons. The quantitative estimate of drug-likeness (QED) is 0.404. The number of rotatable bonds is 11. The fraction of sp³-hybridized carbons (Fsp3) is 0.345. The largest absolute Gasteiger partial charge is 0.481 e. The second-order valence-electron chi connectivity index (χ2n) is 9.09. The molecule has 1 unspecified atom stereocenters. The van der Waals surface area contributed by atoms with Crippen LogP contribution in [-0.4, -0.2) is 21.6 Å². The maximum Gasteiger partial charge on any atom is 0.305 e. The number of aromatic nitrogens is 1. The van der Waals surface area contributed by atoms with Crippen molar-refractivity contribution < 1.29 is 14.7 Å². The molecule has 1 aromatic heterocycles. The summed E-state index contributed by atoms with van der Waals surface area (Å²) in [4.78, 5) is 38.6. The van der Waals surface area contributed by atoms with Crippen molar-refractivity contribution in [2.75, 3.05) is 0 Å². The Morgan fingerprint density at radius 1 is 1.00 bits per heavy atom. The number of aliphatic carboxylic acids is 1. The van der Waals surface area contributed by atoms with E-state index in [0.29, 0.717) is 24.0 Å². The van der Waals surface area contributed by atoms with Gasteiger partial charge < -0.3 is 15.0 Å². The van der Waals surface area contributed by atoms with E-state index in [4.69, 9.17) is 0 Å². The lowest BCUT2D eigenvalue weighted by Crippen LogP contribution is -2.40. The first-order chi connectivity index (χ1) is 16.8. The van der Waals surface area contributed by atoms with E-state index in [9.17, 15) is 19.5 Å². The number of amides is 1. The van der Waals surface area contributed by atoms with Crippen LogP contribution >= 0.6 is 0 Å². The van der Waals surface area contributed by atoms with Gasteiger partial charge in [0.1, 0.15) is 6.04 Å². The Kier molecular flexibility index (Phi) is 9.01. The normalized spacial score (nSPS) is 12.7. The predicted molar refractivity (Wildman–Crippen MR) is 138 cm³/mol. The van der Waals surface area contributed by atoms with Crippen molar-refractivity contribution >= 4 is 11.9 Å². The first-order valence-corrected chi connectivity index (χ1v) is 12.1. The smallest absolute Gasteiger partial charge is 0.305 e. The molecule has 3 aromatic rings. The van der Waals surface area contributed by atoms with Crippen LogP contribution in [-0.2, 0) is 16.0 Å². The zero-order valence-corrected chi connectivity index (χ0v) is 20.7. The van der Waals surface area contributed by atoms with E-state index in [1.54, 1.807) is 18.3 Å². The van der Waals surface area contributed by atoms with Gasteiger partial charge in [0.05, 0.1) is 12.5 Å². The predicted octanol–water partition coefficient (Wildman–Crippen LogP) is 5.12. The summed E-state index contributed by atoms with van der Waals surface area (Å²) in [7, 11) is 0. The molecule has 6 nitrogen and oxygen atoms in total.